The van der Waals surface area contributed by atoms with Crippen molar-refractivity contribution in [2.24, 2.45) is 5.92 Å². The maximum atomic E-state index is 8.99. The molecule has 2 rings (SSSR count). The molecule has 0 amide bonds. The van der Waals surface area contributed by atoms with Crippen LogP contribution in [0, 0.1) is 17.2 Å². The molecule has 0 spiro atoms. The van der Waals surface area contributed by atoms with E-state index in [1.54, 1.807) is 0 Å². The fourth-order valence-corrected chi connectivity index (χ4v) is 2.05. The summed E-state index contributed by atoms with van der Waals surface area (Å²) in [6.45, 7) is 2.54. The minimum Gasteiger partial charge on any atom is -0.384 e. The number of hydrogen-bond acceptors (Lipinski definition) is 3. The van der Waals surface area contributed by atoms with Crippen molar-refractivity contribution in [3.8, 4) is 6.07 Å². The molecule has 96 valence electrons. The van der Waals surface area contributed by atoms with E-state index in [-0.39, 0.29) is 0 Å². The van der Waals surface area contributed by atoms with Crippen molar-refractivity contribution < 1.29 is 4.74 Å². The van der Waals surface area contributed by atoms with E-state index in [0.29, 0.717) is 5.56 Å². The highest BCUT2D eigenvalue weighted by atomic mass is 79.9. The molecule has 1 aliphatic rings. The Hall–Kier alpha value is -1.05. The molecule has 18 heavy (non-hydrogen) atoms. The van der Waals surface area contributed by atoms with Gasteiger partial charge < -0.3 is 10.1 Å². The SMILES string of the molecule is N#Cc1ccc(Br)cc1NCCCOCC1CC1. The fourth-order valence-electron chi connectivity index (χ4n) is 1.69. The molecule has 1 aromatic carbocycles. The van der Waals surface area contributed by atoms with Crippen LogP contribution in [0.25, 0.3) is 0 Å². The Balaban J connectivity index is 1.68. The van der Waals surface area contributed by atoms with Crippen LogP contribution >= 0.6 is 15.9 Å². The van der Waals surface area contributed by atoms with Crippen LogP contribution in [0.15, 0.2) is 22.7 Å². The number of anilines is 1. The van der Waals surface area contributed by atoms with Gasteiger partial charge in [-0.05, 0) is 43.4 Å². The second-order valence-electron chi connectivity index (χ2n) is 4.60. The van der Waals surface area contributed by atoms with Gasteiger partial charge in [0.1, 0.15) is 6.07 Å². The van der Waals surface area contributed by atoms with Crippen LogP contribution < -0.4 is 5.32 Å². The smallest absolute Gasteiger partial charge is 0.101 e. The molecule has 1 aliphatic carbocycles. The topological polar surface area (TPSA) is 45.0 Å². The third kappa shape index (κ3) is 4.32. The van der Waals surface area contributed by atoms with Crippen LogP contribution in [0.2, 0.25) is 0 Å². The second-order valence-corrected chi connectivity index (χ2v) is 5.52. The lowest BCUT2D eigenvalue weighted by Gasteiger charge is -2.09. The summed E-state index contributed by atoms with van der Waals surface area (Å²) in [5.41, 5.74) is 1.56. The minimum atomic E-state index is 0.678. The van der Waals surface area contributed by atoms with Gasteiger partial charge in [0.25, 0.3) is 0 Å². The third-order valence-electron chi connectivity index (χ3n) is 2.93. The zero-order valence-electron chi connectivity index (χ0n) is 10.3. The molecule has 1 N–H and O–H groups in total. The van der Waals surface area contributed by atoms with Gasteiger partial charge in [-0.25, -0.2) is 0 Å². The van der Waals surface area contributed by atoms with Gasteiger partial charge in [-0.3, -0.25) is 0 Å². The van der Waals surface area contributed by atoms with Crippen LogP contribution in [0.4, 0.5) is 5.69 Å². The molecule has 0 bridgehead atoms. The van der Waals surface area contributed by atoms with Crippen molar-refractivity contribution in [2.75, 3.05) is 25.1 Å². The maximum absolute atomic E-state index is 8.99. The average Bonchev–Trinajstić information content (AvgIpc) is 3.18. The van der Waals surface area contributed by atoms with Gasteiger partial charge in [0, 0.05) is 24.2 Å². The molecule has 0 aliphatic heterocycles. The zero-order chi connectivity index (χ0) is 12.8. The third-order valence-corrected chi connectivity index (χ3v) is 3.43. The highest BCUT2D eigenvalue weighted by Gasteiger charge is 2.20. The first kappa shape index (κ1) is 13.4. The molecule has 1 saturated carbocycles. The van der Waals surface area contributed by atoms with Crippen molar-refractivity contribution >= 4 is 21.6 Å². The van der Waals surface area contributed by atoms with E-state index < -0.39 is 0 Å². The predicted octanol–water partition coefficient (Wildman–Crippen LogP) is 3.55. The van der Waals surface area contributed by atoms with E-state index in [4.69, 9.17) is 10.00 Å². The zero-order valence-corrected chi connectivity index (χ0v) is 11.9. The van der Waals surface area contributed by atoms with Crippen LogP contribution in [-0.2, 0) is 4.74 Å². The molecule has 0 unspecified atom stereocenters. The first-order chi connectivity index (χ1) is 8.79. The lowest BCUT2D eigenvalue weighted by Crippen LogP contribution is -2.07. The summed E-state index contributed by atoms with van der Waals surface area (Å²) in [5, 5.41) is 12.3. The van der Waals surface area contributed by atoms with Crippen LogP contribution in [-0.4, -0.2) is 19.8 Å². The Morgan fingerprint density at radius 1 is 1.44 bits per heavy atom. The van der Waals surface area contributed by atoms with E-state index in [1.807, 2.05) is 18.2 Å². The molecule has 4 heteroatoms. The van der Waals surface area contributed by atoms with Gasteiger partial charge in [-0.1, -0.05) is 15.9 Å². The van der Waals surface area contributed by atoms with E-state index in [2.05, 4.69) is 27.3 Å². The summed E-state index contributed by atoms with van der Waals surface area (Å²) in [6.07, 6.45) is 3.63. The summed E-state index contributed by atoms with van der Waals surface area (Å²) in [5.74, 6) is 0.827. The molecule has 0 heterocycles. The average molecular weight is 309 g/mol. The van der Waals surface area contributed by atoms with Gasteiger partial charge in [0.15, 0.2) is 0 Å². The van der Waals surface area contributed by atoms with Gasteiger partial charge in [0.05, 0.1) is 11.3 Å². The fraction of sp³-hybridized carbons (Fsp3) is 0.500. The molecule has 1 fully saturated rings. The van der Waals surface area contributed by atoms with Gasteiger partial charge in [-0.2, -0.15) is 5.26 Å². The highest BCUT2D eigenvalue weighted by molar-refractivity contribution is 9.10. The summed E-state index contributed by atoms with van der Waals surface area (Å²) < 4.78 is 6.54. The largest absolute Gasteiger partial charge is 0.384 e. The van der Waals surface area contributed by atoms with E-state index in [1.165, 1.54) is 12.8 Å². The Bertz CT molecular complexity index is 438. The van der Waals surface area contributed by atoms with Gasteiger partial charge >= 0.3 is 0 Å². The molecular weight excluding hydrogens is 292 g/mol. The molecular formula is C14H17BrN2O. The number of hydrogen-bond donors (Lipinski definition) is 1. The first-order valence-electron chi connectivity index (χ1n) is 6.31. The summed E-state index contributed by atoms with van der Waals surface area (Å²) >= 11 is 3.41. The Morgan fingerprint density at radius 2 is 2.28 bits per heavy atom. The Labute approximate surface area is 116 Å². The number of nitrogens with one attached hydrogen (secondary N) is 1. The van der Waals surface area contributed by atoms with Crippen molar-refractivity contribution in [3.05, 3.63) is 28.2 Å². The molecule has 0 atom stereocenters. The number of ether oxygens (including phenoxy) is 1. The Kier molecular flexibility index (Phi) is 5.03. The number of nitriles is 1. The van der Waals surface area contributed by atoms with Crippen LogP contribution in [0.3, 0.4) is 0 Å². The maximum Gasteiger partial charge on any atom is 0.101 e. The number of nitrogens with zero attached hydrogens (tertiary/aromatic N) is 1. The second kappa shape index (κ2) is 6.77. The van der Waals surface area contributed by atoms with Gasteiger partial charge in [-0.15, -0.1) is 0 Å². The molecule has 3 nitrogen and oxygen atoms in total. The van der Waals surface area contributed by atoms with E-state index >= 15 is 0 Å². The molecule has 1 aromatic rings. The quantitative estimate of drug-likeness (QED) is 0.783. The van der Waals surface area contributed by atoms with Crippen molar-refractivity contribution in [2.45, 2.75) is 19.3 Å². The van der Waals surface area contributed by atoms with Gasteiger partial charge in [0.2, 0.25) is 0 Å². The summed E-state index contributed by atoms with van der Waals surface area (Å²) in [6, 6.07) is 7.81. The van der Waals surface area contributed by atoms with Crippen LogP contribution in [0.1, 0.15) is 24.8 Å². The standard InChI is InChI=1S/C14H17BrN2O/c15-13-5-4-12(9-16)14(8-13)17-6-1-7-18-10-11-2-3-11/h4-5,8,11,17H,1-3,6-7,10H2. The van der Waals surface area contributed by atoms with Crippen molar-refractivity contribution in [1.29, 1.82) is 5.26 Å². The normalized spacial score (nSPS) is 14.2. The van der Waals surface area contributed by atoms with Crippen LogP contribution in [0.5, 0.6) is 0 Å². The van der Waals surface area contributed by atoms with E-state index in [0.717, 1.165) is 42.3 Å². The summed E-state index contributed by atoms with van der Waals surface area (Å²) in [7, 11) is 0. The number of halogens is 1. The summed E-state index contributed by atoms with van der Waals surface area (Å²) in [4.78, 5) is 0. The molecule has 0 aromatic heterocycles. The first-order valence-corrected chi connectivity index (χ1v) is 7.10. The number of benzene rings is 1. The number of rotatable bonds is 7. The minimum absolute atomic E-state index is 0.678. The van der Waals surface area contributed by atoms with E-state index in [9.17, 15) is 0 Å². The lowest BCUT2D eigenvalue weighted by atomic mass is 10.2. The monoisotopic (exact) mass is 308 g/mol. The van der Waals surface area contributed by atoms with Crippen molar-refractivity contribution in [1.82, 2.24) is 0 Å². The molecule has 0 saturated heterocycles. The highest BCUT2D eigenvalue weighted by Crippen LogP contribution is 2.28. The Morgan fingerprint density at radius 3 is 3.00 bits per heavy atom. The lowest BCUT2D eigenvalue weighted by molar-refractivity contribution is 0.124. The predicted molar refractivity (Wildman–Crippen MR) is 75.5 cm³/mol. The van der Waals surface area contributed by atoms with Crippen molar-refractivity contribution in [3.63, 3.8) is 0 Å². The molecule has 0 radical (unpaired) electrons.